The van der Waals surface area contributed by atoms with Gasteiger partial charge in [-0.2, -0.15) is 0 Å². The SMILES string of the molecule is CC(=O)OCc1csc(NC2CCN(C(=O)O)CC2)n1. The van der Waals surface area contributed by atoms with E-state index in [9.17, 15) is 9.59 Å². The lowest BCUT2D eigenvalue weighted by Gasteiger charge is -2.30. The van der Waals surface area contributed by atoms with Crippen LogP contribution in [0.5, 0.6) is 0 Å². The van der Waals surface area contributed by atoms with Gasteiger partial charge in [0.1, 0.15) is 6.61 Å². The van der Waals surface area contributed by atoms with Gasteiger partial charge in [-0.25, -0.2) is 9.78 Å². The fourth-order valence-corrected chi connectivity index (χ4v) is 2.78. The molecule has 1 aromatic heterocycles. The first kappa shape index (κ1) is 14.6. The number of anilines is 1. The molecule has 110 valence electrons. The van der Waals surface area contributed by atoms with Crippen LogP contribution >= 0.6 is 11.3 Å². The van der Waals surface area contributed by atoms with Crippen LogP contribution in [0.3, 0.4) is 0 Å². The molecule has 0 spiro atoms. The van der Waals surface area contributed by atoms with E-state index in [0.29, 0.717) is 13.1 Å². The van der Waals surface area contributed by atoms with Crippen LogP contribution in [-0.2, 0) is 16.1 Å². The third-order valence-corrected chi connectivity index (χ3v) is 3.89. The van der Waals surface area contributed by atoms with Crippen LogP contribution in [-0.4, -0.2) is 46.2 Å². The number of nitrogens with one attached hydrogen (secondary N) is 1. The Bertz CT molecular complexity index is 483. The average Bonchev–Trinajstić information content (AvgIpc) is 2.84. The molecule has 2 heterocycles. The first-order chi connectivity index (χ1) is 9.54. The van der Waals surface area contributed by atoms with E-state index >= 15 is 0 Å². The number of nitrogens with zero attached hydrogens (tertiary/aromatic N) is 2. The molecule has 1 fully saturated rings. The van der Waals surface area contributed by atoms with Crippen molar-refractivity contribution in [3.8, 4) is 0 Å². The molecule has 20 heavy (non-hydrogen) atoms. The summed E-state index contributed by atoms with van der Waals surface area (Å²) >= 11 is 1.46. The summed E-state index contributed by atoms with van der Waals surface area (Å²) in [5.41, 5.74) is 0.718. The number of esters is 1. The summed E-state index contributed by atoms with van der Waals surface area (Å²) in [6, 6.07) is 0.235. The van der Waals surface area contributed by atoms with Crippen LogP contribution in [0, 0.1) is 0 Å². The number of hydrogen-bond donors (Lipinski definition) is 2. The molecule has 0 unspecified atom stereocenters. The Balaban J connectivity index is 1.79. The fourth-order valence-electron chi connectivity index (χ4n) is 2.00. The number of piperidine rings is 1. The van der Waals surface area contributed by atoms with Crippen LogP contribution in [0.4, 0.5) is 9.93 Å². The van der Waals surface area contributed by atoms with Crippen molar-refractivity contribution in [2.24, 2.45) is 0 Å². The third kappa shape index (κ3) is 4.09. The van der Waals surface area contributed by atoms with E-state index in [0.717, 1.165) is 23.7 Å². The van der Waals surface area contributed by atoms with Gasteiger partial charge in [0.2, 0.25) is 0 Å². The molecule has 0 bridgehead atoms. The van der Waals surface area contributed by atoms with Gasteiger partial charge in [0.25, 0.3) is 0 Å². The first-order valence-electron chi connectivity index (χ1n) is 6.37. The second-order valence-electron chi connectivity index (χ2n) is 4.61. The maximum atomic E-state index is 10.8. The molecule has 1 aliphatic rings. The van der Waals surface area contributed by atoms with Gasteiger partial charge in [-0.15, -0.1) is 11.3 Å². The van der Waals surface area contributed by atoms with Gasteiger partial charge in [-0.3, -0.25) is 4.79 Å². The van der Waals surface area contributed by atoms with Gasteiger partial charge in [-0.05, 0) is 12.8 Å². The van der Waals surface area contributed by atoms with Crippen molar-refractivity contribution in [1.29, 1.82) is 0 Å². The Kier molecular flexibility index (Phi) is 4.78. The zero-order chi connectivity index (χ0) is 14.5. The lowest BCUT2D eigenvalue weighted by molar-refractivity contribution is -0.142. The van der Waals surface area contributed by atoms with Gasteiger partial charge in [0, 0.05) is 31.4 Å². The molecular weight excluding hydrogens is 282 g/mol. The van der Waals surface area contributed by atoms with Crippen LogP contribution in [0.1, 0.15) is 25.5 Å². The predicted molar refractivity (Wildman–Crippen MR) is 73.8 cm³/mol. The number of aromatic nitrogens is 1. The van der Waals surface area contributed by atoms with Crippen LogP contribution in [0.2, 0.25) is 0 Å². The molecule has 1 amide bonds. The van der Waals surface area contributed by atoms with E-state index in [4.69, 9.17) is 9.84 Å². The number of ether oxygens (including phenoxy) is 1. The van der Waals surface area contributed by atoms with E-state index in [1.165, 1.54) is 23.2 Å². The Labute approximate surface area is 120 Å². The minimum absolute atomic E-state index is 0.185. The van der Waals surface area contributed by atoms with Gasteiger partial charge in [-0.1, -0.05) is 0 Å². The van der Waals surface area contributed by atoms with E-state index < -0.39 is 6.09 Å². The summed E-state index contributed by atoms with van der Waals surface area (Å²) in [5.74, 6) is -0.325. The van der Waals surface area contributed by atoms with Crippen molar-refractivity contribution >= 4 is 28.5 Å². The Morgan fingerprint density at radius 1 is 1.55 bits per heavy atom. The standard InChI is InChI=1S/C12H17N3O4S/c1-8(16)19-6-10-7-20-11(14-10)13-9-2-4-15(5-3-9)12(17)18/h7,9H,2-6H2,1H3,(H,13,14)(H,17,18). The number of carbonyl (C=O) groups is 2. The second-order valence-corrected chi connectivity index (χ2v) is 5.47. The predicted octanol–water partition coefficient (Wildman–Crippen LogP) is 1.76. The van der Waals surface area contributed by atoms with E-state index in [1.54, 1.807) is 0 Å². The zero-order valence-electron chi connectivity index (χ0n) is 11.2. The van der Waals surface area contributed by atoms with Crippen molar-refractivity contribution < 1.29 is 19.4 Å². The minimum atomic E-state index is -0.860. The molecule has 0 saturated carbocycles. The normalized spacial score (nSPS) is 15.9. The monoisotopic (exact) mass is 299 g/mol. The number of hydrogen-bond acceptors (Lipinski definition) is 6. The molecule has 8 heteroatoms. The Hall–Kier alpha value is -1.83. The molecule has 1 saturated heterocycles. The number of rotatable bonds is 4. The molecule has 1 aromatic rings. The van der Waals surface area contributed by atoms with Crippen LogP contribution in [0.15, 0.2) is 5.38 Å². The highest BCUT2D eigenvalue weighted by molar-refractivity contribution is 7.13. The molecule has 2 rings (SSSR count). The van der Waals surface area contributed by atoms with E-state index in [1.807, 2.05) is 5.38 Å². The van der Waals surface area contributed by atoms with E-state index in [2.05, 4.69) is 10.3 Å². The lowest BCUT2D eigenvalue weighted by Crippen LogP contribution is -2.41. The van der Waals surface area contributed by atoms with E-state index in [-0.39, 0.29) is 18.6 Å². The number of likely N-dealkylation sites (tertiary alicyclic amines) is 1. The molecule has 1 aliphatic heterocycles. The number of amides is 1. The van der Waals surface area contributed by atoms with Gasteiger partial charge in [0.05, 0.1) is 5.69 Å². The maximum absolute atomic E-state index is 10.8. The third-order valence-electron chi connectivity index (χ3n) is 3.07. The molecule has 7 nitrogen and oxygen atoms in total. The summed E-state index contributed by atoms with van der Waals surface area (Å²) in [5, 5.41) is 14.8. The average molecular weight is 299 g/mol. The highest BCUT2D eigenvalue weighted by Gasteiger charge is 2.22. The smallest absolute Gasteiger partial charge is 0.407 e. The summed E-state index contributed by atoms with van der Waals surface area (Å²) in [6.07, 6.45) is 0.678. The largest absolute Gasteiger partial charge is 0.465 e. The van der Waals surface area contributed by atoms with Crippen molar-refractivity contribution in [1.82, 2.24) is 9.88 Å². The number of thiazole rings is 1. The maximum Gasteiger partial charge on any atom is 0.407 e. The van der Waals surface area contributed by atoms with Crippen LogP contribution in [0.25, 0.3) is 0 Å². The fraction of sp³-hybridized carbons (Fsp3) is 0.583. The molecule has 0 aromatic carbocycles. The molecular formula is C12H17N3O4S. The Morgan fingerprint density at radius 3 is 2.85 bits per heavy atom. The van der Waals surface area contributed by atoms with Crippen molar-refractivity contribution in [2.45, 2.75) is 32.4 Å². The quantitative estimate of drug-likeness (QED) is 0.823. The molecule has 0 radical (unpaired) electrons. The minimum Gasteiger partial charge on any atom is -0.465 e. The van der Waals surface area contributed by atoms with Crippen molar-refractivity contribution in [3.05, 3.63) is 11.1 Å². The van der Waals surface area contributed by atoms with Gasteiger partial charge < -0.3 is 20.1 Å². The summed E-state index contributed by atoms with van der Waals surface area (Å²) in [6.45, 7) is 2.63. The van der Waals surface area contributed by atoms with Gasteiger partial charge >= 0.3 is 12.1 Å². The summed E-state index contributed by atoms with van der Waals surface area (Å²) in [7, 11) is 0. The second kappa shape index (κ2) is 6.56. The summed E-state index contributed by atoms with van der Waals surface area (Å²) in [4.78, 5) is 27.3. The summed E-state index contributed by atoms with van der Waals surface area (Å²) < 4.78 is 4.88. The molecule has 0 atom stereocenters. The molecule has 0 aliphatic carbocycles. The Morgan fingerprint density at radius 2 is 2.25 bits per heavy atom. The van der Waals surface area contributed by atoms with Crippen LogP contribution < -0.4 is 5.32 Å². The first-order valence-corrected chi connectivity index (χ1v) is 7.24. The zero-order valence-corrected chi connectivity index (χ0v) is 12.0. The van der Waals surface area contributed by atoms with Crippen molar-refractivity contribution in [3.63, 3.8) is 0 Å². The van der Waals surface area contributed by atoms with Crippen molar-refractivity contribution in [2.75, 3.05) is 18.4 Å². The van der Waals surface area contributed by atoms with Gasteiger partial charge in [0.15, 0.2) is 5.13 Å². The highest BCUT2D eigenvalue weighted by atomic mass is 32.1. The number of carbonyl (C=O) groups excluding carboxylic acids is 1. The topological polar surface area (TPSA) is 91.8 Å². The number of carboxylic acid groups (broad SMARTS) is 1. The lowest BCUT2D eigenvalue weighted by atomic mass is 10.1. The highest BCUT2D eigenvalue weighted by Crippen LogP contribution is 2.20. The molecule has 2 N–H and O–H groups in total.